The highest BCUT2D eigenvalue weighted by atomic mass is 79.9. The number of hydrogen-bond donors (Lipinski definition) is 1. The molecule has 0 aliphatic heterocycles. The molecule has 0 saturated heterocycles. The fraction of sp³-hybridized carbons (Fsp3) is 0.581. The van der Waals surface area contributed by atoms with Crippen molar-refractivity contribution in [3.05, 3.63) is 55.5 Å². The van der Waals surface area contributed by atoms with Gasteiger partial charge in [0.2, 0.25) is 0 Å². The van der Waals surface area contributed by atoms with E-state index in [9.17, 15) is 9.90 Å². The number of rotatable bonds is 1. The second kappa shape index (κ2) is 14.2. The largest absolute Gasteiger partial charge is 0.506 e. The van der Waals surface area contributed by atoms with Gasteiger partial charge >= 0.3 is 5.97 Å². The zero-order valence-corrected chi connectivity index (χ0v) is 27.0. The summed E-state index contributed by atoms with van der Waals surface area (Å²) in [6.45, 7) is -8.80. The zero-order chi connectivity index (χ0) is 45.4. The maximum atomic E-state index is 11.6. The van der Waals surface area contributed by atoms with E-state index >= 15 is 0 Å². The Balaban J connectivity index is 0.00000101. The number of phenols is 1. The van der Waals surface area contributed by atoms with Crippen LogP contribution in [0.3, 0.4) is 0 Å². The normalized spacial score (nSPS) is 21.1. The first-order chi connectivity index (χ1) is 24.4. The maximum absolute atomic E-state index is 11.6. The van der Waals surface area contributed by atoms with Crippen molar-refractivity contribution in [3.8, 4) is 11.5 Å². The molecule has 38 heavy (non-hydrogen) atoms. The third-order valence-electron chi connectivity index (χ3n) is 4.89. The molecule has 0 unspecified atom stereocenters. The van der Waals surface area contributed by atoms with Crippen LogP contribution in [0.5, 0.6) is 11.5 Å². The Morgan fingerprint density at radius 2 is 1.16 bits per heavy atom. The number of aromatic hydroxyl groups is 1. The van der Waals surface area contributed by atoms with E-state index in [-0.39, 0.29) is 14.3 Å². The Bertz CT molecular complexity index is 1610. The van der Waals surface area contributed by atoms with Gasteiger partial charge in [0.1, 0.15) is 11.5 Å². The summed E-state index contributed by atoms with van der Waals surface area (Å²) in [5.41, 5.74) is -7.86. The predicted molar refractivity (Wildman–Crippen MR) is 173 cm³/mol. The highest BCUT2D eigenvalue weighted by Crippen LogP contribution is 2.41. The van der Waals surface area contributed by atoms with Crippen LogP contribution in [0.1, 0.15) is 137 Å². The van der Waals surface area contributed by atoms with Crippen molar-refractivity contribution >= 4 is 61.0 Å². The van der Waals surface area contributed by atoms with Crippen LogP contribution < -0.4 is 4.74 Å². The van der Waals surface area contributed by atoms with Crippen molar-refractivity contribution < 1.29 is 39.3 Å². The van der Waals surface area contributed by atoms with Crippen LogP contribution in [0.4, 0.5) is 0 Å². The highest BCUT2D eigenvalue weighted by molar-refractivity contribution is 9.10. The van der Waals surface area contributed by atoms with Crippen LogP contribution in [0.2, 0.25) is 0 Å². The molecule has 7 heteroatoms. The van der Waals surface area contributed by atoms with Gasteiger partial charge in [0, 0.05) is 42.7 Å². The van der Waals surface area contributed by atoms with Crippen molar-refractivity contribution in [2.45, 2.75) is 111 Å². The van der Waals surface area contributed by atoms with E-state index in [1.54, 1.807) is 47.6 Å². The zero-order valence-electron chi connectivity index (χ0n) is 40.3. The minimum atomic E-state index is -3.46. The maximum Gasteiger partial charge on any atom is 0.308 e. The first-order valence-corrected chi connectivity index (χ1v) is 13.7. The van der Waals surface area contributed by atoms with Gasteiger partial charge in [-0.1, -0.05) is 94.8 Å². The molecule has 0 radical (unpaired) electrons. The lowest BCUT2D eigenvalue weighted by Crippen LogP contribution is -2.19. The third-order valence-corrected chi connectivity index (χ3v) is 6.09. The minimum Gasteiger partial charge on any atom is -0.506 e. The SMILES string of the molecule is ClCCl.[2H]C([2H])([2H])C(c1cc(C(C)(C)C)cc(Br)c1O)(C([2H])([2H])[2H])C([2H])([2H])[2H].[2H]C([2H])([2H])C(c1cc(C(C)(C)C)cc(Br)c1OC(C)=O)(C([2H])([2H])[2H])C([2H])([2H])[2H]. The Hall–Kier alpha value is -0.750. The molecule has 1 N–H and O–H groups in total. The lowest BCUT2D eigenvalue weighted by Gasteiger charge is -2.27. The number of esters is 1. The molecule has 0 aliphatic rings. The fourth-order valence-electron chi connectivity index (χ4n) is 2.87. The van der Waals surface area contributed by atoms with E-state index in [1.165, 1.54) is 18.2 Å². The number of hydrogen-bond acceptors (Lipinski definition) is 3. The number of alkyl halides is 2. The molecule has 0 amide bonds. The molecule has 2 aromatic rings. The summed E-state index contributed by atoms with van der Waals surface area (Å²) in [5, 5.41) is 10.6. The van der Waals surface area contributed by atoms with Crippen molar-refractivity contribution in [3.63, 3.8) is 0 Å². The fourth-order valence-corrected chi connectivity index (χ4v) is 3.87. The Morgan fingerprint density at radius 1 is 0.789 bits per heavy atom. The number of halogens is 4. The highest BCUT2D eigenvalue weighted by Gasteiger charge is 2.26. The van der Waals surface area contributed by atoms with Gasteiger partial charge in [-0.05, 0) is 76.8 Å². The molecule has 0 saturated carbocycles. The monoisotopic (exact) mass is 712 g/mol. The Labute approximate surface area is 283 Å². The van der Waals surface area contributed by atoms with Gasteiger partial charge < -0.3 is 9.84 Å². The molecule has 2 aromatic carbocycles. The first kappa shape index (κ1) is 16.6. The molecule has 0 heterocycles. The van der Waals surface area contributed by atoms with Crippen LogP contribution in [0.15, 0.2) is 33.2 Å². The molecular formula is C31H46Br2Cl2O3. The molecule has 0 fully saturated rings. The molecule has 0 bridgehead atoms. The molecule has 3 nitrogen and oxygen atoms in total. The predicted octanol–water partition coefficient (Wildman–Crippen LogP) is 11.1. The third kappa shape index (κ3) is 11.8. The number of phenolic OH excluding ortho intramolecular Hbond substituents is 1. The van der Waals surface area contributed by atoms with Gasteiger partial charge in [0.15, 0.2) is 0 Å². The van der Waals surface area contributed by atoms with Crippen LogP contribution in [0.25, 0.3) is 0 Å². The number of carbonyl (C=O) groups is 1. The lowest BCUT2D eigenvalue weighted by molar-refractivity contribution is -0.132. The van der Waals surface area contributed by atoms with E-state index in [0.29, 0.717) is 11.1 Å². The van der Waals surface area contributed by atoms with Gasteiger partial charge in [-0.15, -0.1) is 23.2 Å². The van der Waals surface area contributed by atoms with Crippen LogP contribution in [-0.4, -0.2) is 16.4 Å². The van der Waals surface area contributed by atoms with Gasteiger partial charge in [0.25, 0.3) is 0 Å². The number of ether oxygens (including phenoxy) is 1. The molecule has 0 aliphatic carbocycles. The van der Waals surface area contributed by atoms with Gasteiger partial charge in [-0.25, -0.2) is 0 Å². The smallest absolute Gasteiger partial charge is 0.308 e. The lowest BCUT2D eigenvalue weighted by atomic mass is 9.80. The van der Waals surface area contributed by atoms with E-state index in [0.717, 1.165) is 6.92 Å². The molecular weight excluding hydrogens is 651 g/mol. The molecule has 0 atom stereocenters. The van der Waals surface area contributed by atoms with Crippen molar-refractivity contribution in [2.75, 3.05) is 5.34 Å². The first-order valence-electron chi connectivity index (χ1n) is 20.1. The summed E-state index contributed by atoms with van der Waals surface area (Å²) in [6, 6.07) is 5.44. The van der Waals surface area contributed by atoms with Gasteiger partial charge in [0.05, 0.1) is 14.3 Å². The average molecular weight is 716 g/mol. The quantitative estimate of drug-likeness (QED) is 0.182. The summed E-state index contributed by atoms with van der Waals surface area (Å²) >= 11 is 15.8. The standard InChI is InChI=1S/C16H23BrO2.C14H21BrO.CH2Cl2/c1-10(18)19-14-12(16(5,6)7)8-11(9-13(14)17)15(2,3)4;1-13(2,3)9-7-10(14(4,5)6)12(16)11(15)8-9;2-1-3/h8-9H,1-7H3;7-8,16H,1-6H3;1H2/i5D3,6D3,7D3;4D3,5D3,6D3;. The summed E-state index contributed by atoms with van der Waals surface area (Å²) in [5.74, 6) is -1.97. The molecule has 216 valence electrons. The van der Waals surface area contributed by atoms with E-state index in [1.807, 2.05) is 0 Å². The summed E-state index contributed by atoms with van der Waals surface area (Å²) in [6.07, 6.45) is 0. The average Bonchev–Trinajstić information content (AvgIpc) is 2.87. The number of benzene rings is 2. The minimum absolute atomic E-state index is 0.0389. The van der Waals surface area contributed by atoms with Gasteiger partial charge in [-0.3, -0.25) is 4.79 Å². The van der Waals surface area contributed by atoms with Crippen molar-refractivity contribution in [1.29, 1.82) is 0 Å². The van der Waals surface area contributed by atoms with E-state index in [4.69, 9.17) is 52.6 Å². The van der Waals surface area contributed by atoms with E-state index in [2.05, 4.69) is 31.9 Å². The second-order valence-electron chi connectivity index (χ2n) is 10.4. The molecule has 0 aromatic heterocycles. The van der Waals surface area contributed by atoms with Crippen LogP contribution >= 0.6 is 55.1 Å². The van der Waals surface area contributed by atoms with Crippen LogP contribution in [0, 0.1) is 0 Å². The summed E-state index contributed by atoms with van der Waals surface area (Å²) in [7, 11) is 0. The molecule has 0 spiro atoms. The number of carbonyl (C=O) groups excluding carboxylic acids is 1. The van der Waals surface area contributed by atoms with Crippen molar-refractivity contribution in [1.82, 2.24) is 0 Å². The van der Waals surface area contributed by atoms with Crippen LogP contribution in [-0.2, 0) is 26.5 Å². The van der Waals surface area contributed by atoms with Gasteiger partial charge in [-0.2, -0.15) is 0 Å². The topological polar surface area (TPSA) is 46.5 Å². The summed E-state index contributed by atoms with van der Waals surface area (Å²) < 4.78 is 146. The molecule has 2 rings (SSSR count). The Kier molecular flexibility index (Phi) is 6.23. The summed E-state index contributed by atoms with van der Waals surface area (Å²) in [4.78, 5) is 11.6. The Morgan fingerprint density at radius 3 is 1.53 bits per heavy atom. The second-order valence-corrected chi connectivity index (χ2v) is 12.9. The van der Waals surface area contributed by atoms with Crippen molar-refractivity contribution in [2.24, 2.45) is 0 Å². The van der Waals surface area contributed by atoms with E-state index < -0.39 is 91.4 Å².